The van der Waals surface area contributed by atoms with E-state index in [-0.39, 0.29) is 12.2 Å². The first-order valence-corrected chi connectivity index (χ1v) is 7.30. The average molecular weight is 352 g/mol. The fourth-order valence-corrected chi connectivity index (χ4v) is 2.33. The van der Waals surface area contributed by atoms with Gasteiger partial charge in [0.25, 0.3) is 5.91 Å². The van der Waals surface area contributed by atoms with Gasteiger partial charge in [-0.05, 0) is 30.2 Å². The van der Waals surface area contributed by atoms with Gasteiger partial charge in [-0.15, -0.1) is 0 Å². The number of hydrogen-bond acceptors (Lipinski definition) is 2. The first-order chi connectivity index (χ1) is 10.1. The Labute approximate surface area is 130 Å². The Bertz CT molecular complexity index is 619. The van der Waals surface area contributed by atoms with Crippen molar-refractivity contribution in [2.24, 2.45) is 0 Å². The SMILES string of the molecule is O=C(NC(CO)Cc1ccccc1)c1ccc(Br)cc1F. The van der Waals surface area contributed by atoms with E-state index in [2.05, 4.69) is 21.2 Å². The molecule has 0 radical (unpaired) electrons. The largest absolute Gasteiger partial charge is 0.394 e. The molecule has 3 nitrogen and oxygen atoms in total. The summed E-state index contributed by atoms with van der Waals surface area (Å²) in [4.78, 5) is 12.1. The van der Waals surface area contributed by atoms with Crippen LogP contribution in [0.2, 0.25) is 0 Å². The molecule has 2 aromatic carbocycles. The standard InChI is InChI=1S/C16H15BrFNO2/c17-12-6-7-14(15(18)9-12)16(21)19-13(10-20)8-11-4-2-1-3-5-11/h1-7,9,13,20H,8,10H2,(H,19,21). The second-order valence-corrected chi connectivity index (χ2v) is 5.58. The van der Waals surface area contributed by atoms with E-state index in [1.54, 1.807) is 6.07 Å². The van der Waals surface area contributed by atoms with Gasteiger partial charge in [0.2, 0.25) is 0 Å². The molecule has 110 valence electrons. The summed E-state index contributed by atoms with van der Waals surface area (Å²) in [6.07, 6.45) is 0.487. The van der Waals surface area contributed by atoms with Crippen molar-refractivity contribution in [2.45, 2.75) is 12.5 Å². The molecule has 5 heteroatoms. The Morgan fingerprint density at radius 3 is 2.57 bits per heavy atom. The zero-order valence-electron chi connectivity index (χ0n) is 11.2. The third-order valence-corrected chi connectivity index (χ3v) is 3.55. The number of amides is 1. The van der Waals surface area contributed by atoms with Crippen LogP contribution < -0.4 is 5.32 Å². The Hall–Kier alpha value is -1.72. The van der Waals surface area contributed by atoms with E-state index in [9.17, 15) is 14.3 Å². The topological polar surface area (TPSA) is 49.3 Å². The van der Waals surface area contributed by atoms with E-state index in [1.807, 2.05) is 30.3 Å². The van der Waals surface area contributed by atoms with Crippen LogP contribution in [0.15, 0.2) is 53.0 Å². The Morgan fingerprint density at radius 1 is 1.24 bits per heavy atom. The summed E-state index contributed by atoms with van der Waals surface area (Å²) in [6, 6.07) is 13.3. The van der Waals surface area contributed by atoms with Crippen LogP contribution in [0.25, 0.3) is 0 Å². The molecule has 1 atom stereocenters. The average Bonchev–Trinajstić information content (AvgIpc) is 2.47. The highest BCUT2D eigenvalue weighted by Crippen LogP contribution is 2.15. The van der Waals surface area contributed by atoms with E-state index in [4.69, 9.17) is 0 Å². The Morgan fingerprint density at radius 2 is 1.95 bits per heavy atom. The molecule has 1 amide bonds. The van der Waals surface area contributed by atoms with Crippen molar-refractivity contribution in [3.63, 3.8) is 0 Å². The fraction of sp³-hybridized carbons (Fsp3) is 0.188. The number of benzene rings is 2. The van der Waals surface area contributed by atoms with Crippen molar-refractivity contribution in [1.82, 2.24) is 5.32 Å². The monoisotopic (exact) mass is 351 g/mol. The molecule has 0 spiro atoms. The maximum absolute atomic E-state index is 13.7. The van der Waals surface area contributed by atoms with Crippen LogP contribution in [0.5, 0.6) is 0 Å². The normalized spacial score (nSPS) is 12.0. The van der Waals surface area contributed by atoms with E-state index in [0.717, 1.165) is 5.56 Å². The summed E-state index contributed by atoms with van der Waals surface area (Å²) < 4.78 is 14.3. The van der Waals surface area contributed by atoms with Crippen molar-refractivity contribution in [1.29, 1.82) is 0 Å². The Kier molecular flexibility index (Phi) is 5.47. The molecule has 2 rings (SSSR count). The predicted molar refractivity (Wildman–Crippen MR) is 82.6 cm³/mol. The molecule has 0 fully saturated rings. The van der Waals surface area contributed by atoms with Crippen LogP contribution >= 0.6 is 15.9 Å². The number of rotatable bonds is 5. The molecule has 0 aliphatic rings. The molecule has 2 N–H and O–H groups in total. The van der Waals surface area contributed by atoms with Gasteiger partial charge in [-0.2, -0.15) is 0 Å². The zero-order chi connectivity index (χ0) is 15.2. The minimum Gasteiger partial charge on any atom is -0.394 e. The molecule has 21 heavy (non-hydrogen) atoms. The zero-order valence-corrected chi connectivity index (χ0v) is 12.8. The number of halogens is 2. The number of aliphatic hydroxyl groups excluding tert-OH is 1. The minimum atomic E-state index is -0.599. The first-order valence-electron chi connectivity index (χ1n) is 6.51. The molecule has 0 bridgehead atoms. The van der Waals surface area contributed by atoms with Crippen LogP contribution in [-0.2, 0) is 6.42 Å². The third-order valence-electron chi connectivity index (χ3n) is 3.06. The number of carbonyl (C=O) groups excluding carboxylic acids is 1. The molecule has 0 aromatic heterocycles. The minimum absolute atomic E-state index is 0.0373. The van der Waals surface area contributed by atoms with Crippen molar-refractivity contribution >= 4 is 21.8 Å². The van der Waals surface area contributed by atoms with E-state index in [0.29, 0.717) is 10.9 Å². The Balaban J connectivity index is 2.06. The van der Waals surface area contributed by atoms with Gasteiger partial charge in [-0.3, -0.25) is 4.79 Å². The van der Waals surface area contributed by atoms with Crippen LogP contribution in [-0.4, -0.2) is 23.7 Å². The fourth-order valence-electron chi connectivity index (χ4n) is 2.00. The molecule has 2 aromatic rings. The van der Waals surface area contributed by atoms with Gasteiger partial charge in [0, 0.05) is 4.47 Å². The van der Waals surface area contributed by atoms with Crippen LogP contribution in [0, 0.1) is 5.82 Å². The maximum Gasteiger partial charge on any atom is 0.254 e. The lowest BCUT2D eigenvalue weighted by Crippen LogP contribution is -2.39. The lowest BCUT2D eigenvalue weighted by atomic mass is 10.1. The van der Waals surface area contributed by atoms with Crippen molar-refractivity contribution in [3.05, 3.63) is 69.9 Å². The molecule has 1 unspecified atom stereocenters. The van der Waals surface area contributed by atoms with Gasteiger partial charge < -0.3 is 10.4 Å². The van der Waals surface area contributed by atoms with Gasteiger partial charge >= 0.3 is 0 Å². The molecule has 0 heterocycles. The summed E-state index contributed by atoms with van der Waals surface area (Å²) in [5.74, 6) is -1.13. The third kappa shape index (κ3) is 4.37. The lowest BCUT2D eigenvalue weighted by molar-refractivity contribution is 0.0912. The van der Waals surface area contributed by atoms with Crippen molar-refractivity contribution in [2.75, 3.05) is 6.61 Å². The lowest BCUT2D eigenvalue weighted by Gasteiger charge is -2.16. The van der Waals surface area contributed by atoms with Gasteiger partial charge in [0.05, 0.1) is 18.2 Å². The molecule has 0 saturated heterocycles. The number of hydrogen-bond donors (Lipinski definition) is 2. The van der Waals surface area contributed by atoms with E-state index >= 15 is 0 Å². The highest BCUT2D eigenvalue weighted by molar-refractivity contribution is 9.10. The van der Waals surface area contributed by atoms with Crippen molar-refractivity contribution in [3.8, 4) is 0 Å². The predicted octanol–water partition coefficient (Wildman–Crippen LogP) is 2.92. The molecular weight excluding hydrogens is 337 g/mol. The van der Waals surface area contributed by atoms with Crippen LogP contribution in [0.3, 0.4) is 0 Å². The van der Waals surface area contributed by atoms with E-state index < -0.39 is 17.8 Å². The summed E-state index contributed by atoms with van der Waals surface area (Å²) in [5, 5.41) is 12.0. The molecule has 0 aliphatic heterocycles. The van der Waals surface area contributed by atoms with Gasteiger partial charge in [0.1, 0.15) is 5.82 Å². The van der Waals surface area contributed by atoms with E-state index in [1.165, 1.54) is 12.1 Å². The summed E-state index contributed by atoms with van der Waals surface area (Å²) in [6.45, 7) is -0.210. The van der Waals surface area contributed by atoms with Gasteiger partial charge in [-0.1, -0.05) is 46.3 Å². The van der Waals surface area contributed by atoms with Crippen molar-refractivity contribution < 1.29 is 14.3 Å². The summed E-state index contributed by atoms with van der Waals surface area (Å²) in [5.41, 5.74) is 0.956. The number of aliphatic hydroxyl groups is 1. The van der Waals surface area contributed by atoms with Crippen LogP contribution in [0.1, 0.15) is 15.9 Å². The second-order valence-electron chi connectivity index (χ2n) is 4.67. The second kappa shape index (κ2) is 7.33. The van der Waals surface area contributed by atoms with Gasteiger partial charge in [-0.25, -0.2) is 4.39 Å². The maximum atomic E-state index is 13.7. The summed E-state index contributed by atoms with van der Waals surface area (Å²) in [7, 11) is 0. The summed E-state index contributed by atoms with van der Waals surface area (Å²) >= 11 is 3.14. The smallest absolute Gasteiger partial charge is 0.254 e. The van der Waals surface area contributed by atoms with Crippen LogP contribution in [0.4, 0.5) is 4.39 Å². The number of carbonyl (C=O) groups is 1. The molecule has 0 saturated carbocycles. The molecular formula is C16H15BrFNO2. The quantitative estimate of drug-likeness (QED) is 0.869. The number of nitrogens with one attached hydrogen (secondary N) is 1. The highest BCUT2D eigenvalue weighted by Gasteiger charge is 2.16. The molecule has 0 aliphatic carbocycles. The van der Waals surface area contributed by atoms with Gasteiger partial charge in [0.15, 0.2) is 0 Å². The first kappa shape index (κ1) is 15.7. The highest BCUT2D eigenvalue weighted by atomic mass is 79.9.